The zero-order valence-electron chi connectivity index (χ0n) is 14.1. The third kappa shape index (κ3) is 4.05. The molecule has 134 valence electrons. The number of amides is 1. The Bertz CT molecular complexity index is 929. The number of thioether (sulfide) groups is 1. The molecule has 0 spiro atoms. The standard InChI is InChI=1S/C18H16ClFN4OS/c1-11(17(25)21-13-9-7-12(19)8-10-13)26-18-23-22-16(24(18)2)14-5-3-4-6-15(14)20/h3-11H,1-2H3,(H,21,25)/t11-/m0/s1. The maximum atomic E-state index is 14.0. The van der Waals surface area contributed by atoms with Crippen LogP contribution < -0.4 is 5.32 Å². The van der Waals surface area contributed by atoms with Crippen LogP contribution in [0.25, 0.3) is 11.4 Å². The zero-order chi connectivity index (χ0) is 18.7. The summed E-state index contributed by atoms with van der Waals surface area (Å²) in [7, 11) is 1.74. The van der Waals surface area contributed by atoms with Crippen LogP contribution in [0.3, 0.4) is 0 Å². The summed E-state index contributed by atoms with van der Waals surface area (Å²) in [5.41, 5.74) is 1.03. The average molecular weight is 391 g/mol. The van der Waals surface area contributed by atoms with Crippen molar-refractivity contribution in [1.29, 1.82) is 0 Å². The van der Waals surface area contributed by atoms with E-state index in [2.05, 4.69) is 15.5 Å². The number of halogens is 2. The Morgan fingerprint density at radius 1 is 1.19 bits per heavy atom. The molecule has 1 N–H and O–H groups in total. The summed E-state index contributed by atoms with van der Waals surface area (Å²) in [5.74, 6) is -0.128. The van der Waals surface area contributed by atoms with E-state index in [1.165, 1.54) is 17.8 Å². The van der Waals surface area contributed by atoms with Crippen molar-refractivity contribution in [3.63, 3.8) is 0 Å². The second kappa shape index (κ2) is 7.88. The van der Waals surface area contributed by atoms with Gasteiger partial charge in [0.05, 0.1) is 10.8 Å². The predicted octanol–water partition coefficient (Wildman–Crippen LogP) is 4.39. The molecule has 3 aromatic rings. The Kier molecular flexibility index (Phi) is 5.58. The van der Waals surface area contributed by atoms with E-state index < -0.39 is 5.25 Å². The van der Waals surface area contributed by atoms with Crippen LogP contribution in [0.5, 0.6) is 0 Å². The summed E-state index contributed by atoms with van der Waals surface area (Å²) in [5, 5.41) is 11.7. The minimum atomic E-state index is -0.415. The third-order valence-electron chi connectivity index (χ3n) is 3.71. The minimum absolute atomic E-state index is 0.173. The Balaban J connectivity index is 1.71. The van der Waals surface area contributed by atoms with Crippen molar-refractivity contribution in [2.45, 2.75) is 17.3 Å². The van der Waals surface area contributed by atoms with Crippen LogP contribution in [-0.2, 0) is 11.8 Å². The molecule has 0 bridgehead atoms. The molecule has 3 rings (SSSR count). The van der Waals surface area contributed by atoms with Gasteiger partial charge < -0.3 is 9.88 Å². The lowest BCUT2D eigenvalue weighted by molar-refractivity contribution is -0.115. The first-order chi connectivity index (χ1) is 12.5. The van der Waals surface area contributed by atoms with Crippen LogP contribution in [0.1, 0.15) is 6.92 Å². The summed E-state index contributed by atoms with van der Waals surface area (Å²) in [6, 6.07) is 13.3. The third-order valence-corrected chi connectivity index (χ3v) is 5.10. The fraction of sp³-hybridized carbons (Fsp3) is 0.167. The molecular weight excluding hydrogens is 375 g/mol. The zero-order valence-corrected chi connectivity index (χ0v) is 15.7. The molecule has 1 atom stereocenters. The number of anilines is 1. The number of hydrogen-bond donors (Lipinski definition) is 1. The average Bonchev–Trinajstić information content (AvgIpc) is 2.98. The van der Waals surface area contributed by atoms with Crippen molar-refractivity contribution >= 4 is 35.0 Å². The molecule has 26 heavy (non-hydrogen) atoms. The molecule has 1 aromatic heterocycles. The highest BCUT2D eigenvalue weighted by molar-refractivity contribution is 8.00. The van der Waals surface area contributed by atoms with Crippen molar-refractivity contribution < 1.29 is 9.18 Å². The van der Waals surface area contributed by atoms with Crippen molar-refractivity contribution in [2.75, 3.05) is 5.32 Å². The van der Waals surface area contributed by atoms with Crippen LogP contribution in [-0.4, -0.2) is 25.9 Å². The number of carbonyl (C=O) groups excluding carboxylic acids is 1. The lowest BCUT2D eigenvalue weighted by Crippen LogP contribution is -2.22. The lowest BCUT2D eigenvalue weighted by Gasteiger charge is -2.12. The minimum Gasteiger partial charge on any atom is -0.325 e. The summed E-state index contributed by atoms with van der Waals surface area (Å²) in [6.45, 7) is 1.77. The molecule has 0 radical (unpaired) electrons. The van der Waals surface area contributed by atoms with Gasteiger partial charge in [0.2, 0.25) is 5.91 Å². The van der Waals surface area contributed by atoms with E-state index in [0.29, 0.717) is 27.3 Å². The van der Waals surface area contributed by atoms with E-state index in [0.717, 1.165) is 0 Å². The molecule has 0 saturated heterocycles. The van der Waals surface area contributed by atoms with Gasteiger partial charge in [-0.15, -0.1) is 10.2 Å². The number of benzene rings is 2. The Morgan fingerprint density at radius 3 is 2.58 bits per heavy atom. The Hall–Kier alpha value is -2.38. The normalized spacial score (nSPS) is 12.0. The Morgan fingerprint density at radius 2 is 1.88 bits per heavy atom. The van der Waals surface area contributed by atoms with E-state index in [1.807, 2.05) is 0 Å². The van der Waals surface area contributed by atoms with Gasteiger partial charge in [-0.1, -0.05) is 35.5 Å². The fourth-order valence-corrected chi connectivity index (χ4v) is 3.22. The second-order valence-electron chi connectivity index (χ2n) is 5.60. The SMILES string of the molecule is C[C@H](Sc1nnc(-c2ccccc2F)n1C)C(=O)Nc1ccc(Cl)cc1. The molecule has 0 unspecified atom stereocenters. The van der Waals surface area contributed by atoms with Gasteiger partial charge in [-0.05, 0) is 43.3 Å². The smallest absolute Gasteiger partial charge is 0.237 e. The van der Waals surface area contributed by atoms with E-state index in [9.17, 15) is 9.18 Å². The van der Waals surface area contributed by atoms with Gasteiger partial charge in [-0.2, -0.15) is 0 Å². The van der Waals surface area contributed by atoms with Crippen LogP contribution in [0.2, 0.25) is 5.02 Å². The molecule has 1 heterocycles. The van der Waals surface area contributed by atoms with Gasteiger partial charge in [0, 0.05) is 17.8 Å². The van der Waals surface area contributed by atoms with Gasteiger partial charge in [-0.25, -0.2) is 4.39 Å². The monoisotopic (exact) mass is 390 g/mol. The second-order valence-corrected chi connectivity index (χ2v) is 7.35. The molecule has 8 heteroatoms. The molecule has 0 aliphatic carbocycles. The first-order valence-electron chi connectivity index (χ1n) is 7.83. The maximum Gasteiger partial charge on any atom is 0.237 e. The summed E-state index contributed by atoms with van der Waals surface area (Å²) < 4.78 is 15.6. The van der Waals surface area contributed by atoms with Gasteiger partial charge >= 0.3 is 0 Å². The molecule has 2 aromatic carbocycles. The van der Waals surface area contributed by atoms with E-state index >= 15 is 0 Å². The number of rotatable bonds is 5. The molecule has 0 fully saturated rings. The molecular formula is C18H16ClFN4OS. The first kappa shape index (κ1) is 18.4. The maximum absolute atomic E-state index is 14.0. The number of nitrogens with one attached hydrogen (secondary N) is 1. The van der Waals surface area contributed by atoms with E-state index in [-0.39, 0.29) is 11.7 Å². The highest BCUT2D eigenvalue weighted by atomic mass is 35.5. The summed E-state index contributed by atoms with van der Waals surface area (Å²) in [6.07, 6.45) is 0. The van der Waals surface area contributed by atoms with E-state index in [1.54, 1.807) is 61.0 Å². The van der Waals surface area contributed by atoms with Gasteiger partial charge in [0.15, 0.2) is 11.0 Å². The molecule has 1 amide bonds. The number of carbonyl (C=O) groups is 1. The van der Waals surface area contributed by atoms with Crippen LogP contribution >= 0.6 is 23.4 Å². The fourth-order valence-electron chi connectivity index (χ4n) is 2.28. The van der Waals surface area contributed by atoms with Gasteiger partial charge in [-0.3, -0.25) is 4.79 Å². The van der Waals surface area contributed by atoms with Crippen LogP contribution in [0.15, 0.2) is 53.7 Å². The summed E-state index contributed by atoms with van der Waals surface area (Å²) >= 11 is 7.09. The van der Waals surface area contributed by atoms with Gasteiger partial charge in [0.1, 0.15) is 5.82 Å². The number of nitrogens with zero attached hydrogens (tertiary/aromatic N) is 3. The highest BCUT2D eigenvalue weighted by Gasteiger charge is 2.20. The van der Waals surface area contributed by atoms with Crippen molar-refractivity contribution in [3.05, 3.63) is 59.4 Å². The highest BCUT2D eigenvalue weighted by Crippen LogP contribution is 2.27. The largest absolute Gasteiger partial charge is 0.325 e. The Labute approximate surface area is 159 Å². The quantitative estimate of drug-likeness (QED) is 0.656. The summed E-state index contributed by atoms with van der Waals surface area (Å²) in [4.78, 5) is 12.4. The van der Waals surface area contributed by atoms with Crippen molar-refractivity contribution in [2.24, 2.45) is 7.05 Å². The molecule has 0 aliphatic heterocycles. The molecule has 0 aliphatic rings. The van der Waals surface area contributed by atoms with Crippen LogP contribution in [0.4, 0.5) is 10.1 Å². The van der Waals surface area contributed by atoms with Crippen LogP contribution in [0, 0.1) is 5.82 Å². The number of aromatic nitrogens is 3. The first-order valence-corrected chi connectivity index (χ1v) is 9.09. The topological polar surface area (TPSA) is 59.8 Å². The van der Waals surface area contributed by atoms with Crippen molar-refractivity contribution in [1.82, 2.24) is 14.8 Å². The van der Waals surface area contributed by atoms with E-state index in [4.69, 9.17) is 11.6 Å². The molecule has 5 nitrogen and oxygen atoms in total. The predicted molar refractivity (Wildman–Crippen MR) is 102 cm³/mol. The number of hydrogen-bond acceptors (Lipinski definition) is 4. The van der Waals surface area contributed by atoms with Crippen molar-refractivity contribution in [3.8, 4) is 11.4 Å². The molecule has 0 saturated carbocycles. The lowest BCUT2D eigenvalue weighted by atomic mass is 10.2. The van der Waals surface area contributed by atoms with Gasteiger partial charge in [0.25, 0.3) is 0 Å².